The van der Waals surface area contributed by atoms with Crippen molar-refractivity contribution in [2.75, 3.05) is 32.8 Å². The lowest BCUT2D eigenvalue weighted by molar-refractivity contribution is 0.175. The summed E-state index contributed by atoms with van der Waals surface area (Å²) in [5.74, 6) is 0. The minimum atomic E-state index is 0.530. The second-order valence-corrected chi connectivity index (χ2v) is 7.32. The number of likely N-dealkylation sites (tertiary alicyclic amines) is 1. The maximum atomic E-state index is 5.85. The van der Waals surface area contributed by atoms with E-state index >= 15 is 0 Å². The Morgan fingerprint density at radius 3 is 2.65 bits per heavy atom. The van der Waals surface area contributed by atoms with Gasteiger partial charge in [0.25, 0.3) is 0 Å². The highest BCUT2D eigenvalue weighted by molar-refractivity contribution is 5.23. The van der Waals surface area contributed by atoms with E-state index in [0.29, 0.717) is 12.6 Å². The smallest absolute Gasteiger partial charge is 0.316 e. The van der Waals surface area contributed by atoms with Gasteiger partial charge < -0.3 is 4.74 Å². The molecule has 0 radical (unpaired) electrons. The number of fused-ring (bicyclic) bond motifs is 1. The van der Waals surface area contributed by atoms with Gasteiger partial charge in [-0.25, -0.2) is 4.98 Å². The molecular formula is C21H28N4O. The molecule has 5 nitrogen and oxygen atoms in total. The van der Waals surface area contributed by atoms with Crippen LogP contribution in [0.1, 0.15) is 36.1 Å². The summed E-state index contributed by atoms with van der Waals surface area (Å²) in [6.45, 7) is 6.93. The zero-order valence-corrected chi connectivity index (χ0v) is 15.4. The summed E-state index contributed by atoms with van der Waals surface area (Å²) >= 11 is 0. The average Bonchev–Trinajstić information content (AvgIpc) is 2.69. The lowest BCUT2D eigenvalue weighted by Gasteiger charge is -2.28. The zero-order valence-electron chi connectivity index (χ0n) is 15.4. The van der Waals surface area contributed by atoms with E-state index in [2.05, 4.69) is 45.1 Å². The van der Waals surface area contributed by atoms with E-state index in [-0.39, 0.29) is 0 Å². The lowest BCUT2D eigenvalue weighted by Crippen LogP contribution is -2.33. The van der Waals surface area contributed by atoms with Gasteiger partial charge in [0.15, 0.2) is 0 Å². The largest absolute Gasteiger partial charge is 0.462 e. The molecule has 0 aliphatic carbocycles. The molecule has 1 aromatic carbocycles. The van der Waals surface area contributed by atoms with Gasteiger partial charge in [-0.3, -0.25) is 9.80 Å². The van der Waals surface area contributed by atoms with Gasteiger partial charge in [-0.05, 0) is 43.5 Å². The van der Waals surface area contributed by atoms with Crippen LogP contribution in [0.2, 0.25) is 0 Å². The molecule has 26 heavy (non-hydrogen) atoms. The van der Waals surface area contributed by atoms with Crippen LogP contribution in [0.4, 0.5) is 0 Å². The number of piperidine rings is 1. The first-order chi connectivity index (χ1) is 12.9. The monoisotopic (exact) mass is 352 g/mol. The molecule has 0 saturated carbocycles. The van der Waals surface area contributed by atoms with Crippen LogP contribution in [0.5, 0.6) is 6.01 Å². The minimum absolute atomic E-state index is 0.530. The Labute approximate surface area is 156 Å². The van der Waals surface area contributed by atoms with E-state index in [4.69, 9.17) is 9.72 Å². The fourth-order valence-corrected chi connectivity index (χ4v) is 3.83. The molecule has 2 aliphatic heterocycles. The molecule has 2 aromatic rings. The van der Waals surface area contributed by atoms with Crippen molar-refractivity contribution in [1.29, 1.82) is 0 Å². The highest BCUT2D eigenvalue weighted by Gasteiger charge is 2.19. The molecule has 1 aromatic heterocycles. The van der Waals surface area contributed by atoms with Crippen molar-refractivity contribution in [3.63, 3.8) is 0 Å². The third-order valence-corrected chi connectivity index (χ3v) is 5.34. The molecule has 1 fully saturated rings. The number of aromatic nitrogens is 2. The van der Waals surface area contributed by atoms with E-state index in [0.717, 1.165) is 38.3 Å². The molecule has 0 bridgehead atoms. The van der Waals surface area contributed by atoms with Crippen LogP contribution >= 0.6 is 0 Å². The molecule has 0 spiro atoms. The maximum Gasteiger partial charge on any atom is 0.316 e. The molecule has 138 valence electrons. The standard InChI is InChI=1S/C21H28N4O/c1-3-7-18(8-4-1)16-25-12-9-19-15-22-21(23-20(19)17-25)26-14-13-24-10-5-2-6-11-24/h1,3-4,7-8,15H,2,5-6,9-14,16-17H2. The van der Waals surface area contributed by atoms with Gasteiger partial charge >= 0.3 is 6.01 Å². The number of benzene rings is 1. The number of hydrogen-bond acceptors (Lipinski definition) is 5. The molecule has 0 unspecified atom stereocenters. The fraction of sp³-hybridized carbons (Fsp3) is 0.524. The molecule has 3 heterocycles. The van der Waals surface area contributed by atoms with Gasteiger partial charge in [-0.15, -0.1) is 0 Å². The Hall–Kier alpha value is -1.98. The van der Waals surface area contributed by atoms with Crippen LogP contribution in [0, 0.1) is 0 Å². The van der Waals surface area contributed by atoms with Crippen molar-refractivity contribution in [2.45, 2.75) is 38.8 Å². The van der Waals surface area contributed by atoms with Crippen molar-refractivity contribution >= 4 is 0 Å². The van der Waals surface area contributed by atoms with Gasteiger partial charge in [0.2, 0.25) is 0 Å². The topological polar surface area (TPSA) is 41.5 Å². The SMILES string of the molecule is c1ccc(CN2CCc3cnc(OCCN4CCCCC4)nc3C2)cc1. The van der Waals surface area contributed by atoms with Gasteiger partial charge in [0.05, 0.1) is 5.69 Å². The Balaban J connectivity index is 1.32. The Bertz CT molecular complexity index is 700. The second-order valence-electron chi connectivity index (χ2n) is 7.32. The Morgan fingerprint density at radius 1 is 0.962 bits per heavy atom. The molecular weight excluding hydrogens is 324 g/mol. The predicted octanol–water partition coefficient (Wildman–Crippen LogP) is 2.90. The summed E-state index contributed by atoms with van der Waals surface area (Å²) in [5.41, 5.74) is 3.73. The van der Waals surface area contributed by atoms with Crippen LogP contribution in [0.25, 0.3) is 0 Å². The highest BCUT2D eigenvalue weighted by atomic mass is 16.5. The number of hydrogen-bond donors (Lipinski definition) is 0. The quantitative estimate of drug-likeness (QED) is 0.800. The normalized spacial score (nSPS) is 18.5. The summed E-state index contributed by atoms with van der Waals surface area (Å²) in [6.07, 6.45) is 6.96. The minimum Gasteiger partial charge on any atom is -0.462 e. The summed E-state index contributed by atoms with van der Waals surface area (Å²) < 4.78 is 5.85. The van der Waals surface area contributed by atoms with E-state index in [1.54, 1.807) is 0 Å². The molecule has 0 atom stereocenters. The number of ether oxygens (including phenoxy) is 1. The van der Waals surface area contributed by atoms with Gasteiger partial charge in [-0.2, -0.15) is 4.98 Å². The first-order valence-electron chi connectivity index (χ1n) is 9.83. The molecule has 1 saturated heterocycles. The zero-order chi connectivity index (χ0) is 17.6. The van der Waals surface area contributed by atoms with Crippen molar-refractivity contribution in [1.82, 2.24) is 19.8 Å². The van der Waals surface area contributed by atoms with Crippen molar-refractivity contribution in [3.8, 4) is 6.01 Å². The fourth-order valence-electron chi connectivity index (χ4n) is 3.83. The van der Waals surface area contributed by atoms with Crippen molar-refractivity contribution < 1.29 is 4.74 Å². The highest BCUT2D eigenvalue weighted by Crippen LogP contribution is 2.20. The van der Waals surface area contributed by atoms with Crippen LogP contribution in [-0.4, -0.2) is 52.6 Å². The van der Waals surface area contributed by atoms with Crippen molar-refractivity contribution in [2.24, 2.45) is 0 Å². The Morgan fingerprint density at radius 2 is 1.81 bits per heavy atom. The molecule has 4 rings (SSSR count). The summed E-state index contributed by atoms with van der Waals surface area (Å²) in [4.78, 5) is 14.0. The third kappa shape index (κ3) is 4.59. The number of nitrogens with zero attached hydrogens (tertiary/aromatic N) is 4. The van der Waals surface area contributed by atoms with E-state index < -0.39 is 0 Å². The van der Waals surface area contributed by atoms with Crippen LogP contribution in [-0.2, 0) is 19.5 Å². The summed E-state index contributed by atoms with van der Waals surface area (Å²) in [6, 6.07) is 11.2. The third-order valence-electron chi connectivity index (χ3n) is 5.34. The first-order valence-corrected chi connectivity index (χ1v) is 9.83. The molecule has 0 N–H and O–H groups in total. The van der Waals surface area contributed by atoms with E-state index in [1.165, 1.54) is 43.5 Å². The Kier molecular flexibility index (Phi) is 5.77. The molecule has 2 aliphatic rings. The molecule has 0 amide bonds. The maximum absolute atomic E-state index is 5.85. The van der Waals surface area contributed by atoms with E-state index in [1.807, 2.05) is 6.20 Å². The second kappa shape index (κ2) is 8.60. The number of rotatable bonds is 6. The van der Waals surface area contributed by atoms with Crippen LogP contribution < -0.4 is 4.74 Å². The van der Waals surface area contributed by atoms with Gasteiger partial charge in [0.1, 0.15) is 6.61 Å². The van der Waals surface area contributed by atoms with E-state index in [9.17, 15) is 0 Å². The first kappa shape index (κ1) is 17.4. The average molecular weight is 352 g/mol. The van der Waals surface area contributed by atoms with Crippen LogP contribution in [0.3, 0.4) is 0 Å². The van der Waals surface area contributed by atoms with Gasteiger partial charge in [0, 0.05) is 32.4 Å². The summed E-state index contributed by atoms with van der Waals surface area (Å²) in [7, 11) is 0. The summed E-state index contributed by atoms with van der Waals surface area (Å²) in [5, 5.41) is 0. The van der Waals surface area contributed by atoms with Gasteiger partial charge in [-0.1, -0.05) is 36.8 Å². The van der Waals surface area contributed by atoms with Crippen LogP contribution in [0.15, 0.2) is 36.5 Å². The predicted molar refractivity (Wildman–Crippen MR) is 102 cm³/mol. The van der Waals surface area contributed by atoms with Crippen molar-refractivity contribution in [3.05, 3.63) is 53.3 Å². The molecule has 5 heteroatoms. The lowest BCUT2D eigenvalue weighted by atomic mass is 10.1.